The lowest BCUT2D eigenvalue weighted by molar-refractivity contribution is -0.384. The monoisotopic (exact) mass is 290 g/mol. The number of hydrogen-bond donors (Lipinski definition) is 0. The molecule has 5 nitrogen and oxygen atoms in total. The predicted molar refractivity (Wildman–Crippen MR) is 67.0 cm³/mol. The molecule has 0 saturated carbocycles. The molecule has 110 valence electrons. The number of nitro groups is 1. The summed E-state index contributed by atoms with van der Waals surface area (Å²) in [5, 5.41) is 10.6. The van der Waals surface area contributed by atoms with Crippen LogP contribution in [-0.4, -0.2) is 30.0 Å². The molecule has 1 rings (SSSR count). The molecule has 0 atom stereocenters. The largest absolute Gasteiger partial charge is 0.405 e. The fraction of sp³-hybridized carbons (Fsp3) is 0.417. The Morgan fingerprint density at radius 1 is 1.40 bits per heavy atom. The zero-order chi connectivity index (χ0) is 15.5. The van der Waals surface area contributed by atoms with Crippen molar-refractivity contribution in [2.24, 2.45) is 0 Å². The Hall–Kier alpha value is -2.12. The number of nitro benzene ring substituents is 1. The number of carbonyl (C=O) groups is 1. The van der Waals surface area contributed by atoms with E-state index in [0.717, 1.165) is 23.1 Å². The van der Waals surface area contributed by atoms with Gasteiger partial charge >= 0.3 is 6.18 Å². The first kappa shape index (κ1) is 15.9. The Labute approximate surface area is 113 Å². The van der Waals surface area contributed by atoms with Crippen LogP contribution in [0.1, 0.15) is 24.2 Å². The summed E-state index contributed by atoms with van der Waals surface area (Å²) in [4.78, 5) is 21.8. The van der Waals surface area contributed by atoms with Gasteiger partial charge in [0.2, 0.25) is 0 Å². The molecule has 1 aromatic rings. The van der Waals surface area contributed by atoms with Crippen molar-refractivity contribution in [2.45, 2.75) is 26.1 Å². The van der Waals surface area contributed by atoms with E-state index < -0.39 is 23.7 Å². The summed E-state index contributed by atoms with van der Waals surface area (Å²) in [5.41, 5.74) is -0.457. The van der Waals surface area contributed by atoms with Crippen molar-refractivity contribution < 1.29 is 22.9 Å². The molecule has 0 aliphatic carbocycles. The minimum Gasteiger partial charge on any atom is -0.359 e. The molecule has 0 bridgehead atoms. The van der Waals surface area contributed by atoms with E-state index in [4.69, 9.17) is 0 Å². The van der Waals surface area contributed by atoms with Gasteiger partial charge in [-0.15, -0.1) is 0 Å². The maximum atomic E-state index is 12.6. The van der Waals surface area contributed by atoms with Gasteiger partial charge in [0.25, 0.3) is 5.69 Å². The first-order valence-electron chi connectivity index (χ1n) is 5.72. The topological polar surface area (TPSA) is 63.4 Å². The number of nitrogens with zero attached hydrogens (tertiary/aromatic N) is 2. The second-order valence-electron chi connectivity index (χ2n) is 4.45. The average Bonchev–Trinajstić information content (AvgIpc) is 2.33. The van der Waals surface area contributed by atoms with Gasteiger partial charge < -0.3 is 4.90 Å². The third-order valence-electron chi connectivity index (χ3n) is 2.63. The maximum absolute atomic E-state index is 12.6. The van der Waals surface area contributed by atoms with Crippen LogP contribution >= 0.6 is 0 Å². The number of benzene rings is 1. The molecule has 0 spiro atoms. The normalized spacial score (nSPS) is 11.5. The molecule has 0 N–H and O–H groups in total. The Bertz CT molecular complexity index is 515. The van der Waals surface area contributed by atoms with Crippen molar-refractivity contribution in [3.05, 3.63) is 33.9 Å². The molecule has 0 saturated heterocycles. The van der Waals surface area contributed by atoms with Crippen LogP contribution in [0.2, 0.25) is 0 Å². The second-order valence-corrected chi connectivity index (χ2v) is 4.45. The van der Waals surface area contributed by atoms with Gasteiger partial charge in [0.1, 0.15) is 6.54 Å². The molecule has 1 aromatic carbocycles. The quantitative estimate of drug-likeness (QED) is 0.474. The third-order valence-corrected chi connectivity index (χ3v) is 2.63. The van der Waals surface area contributed by atoms with E-state index in [2.05, 4.69) is 0 Å². The SMILES string of the molecule is CC(C)N(CC(F)(F)F)c1ccc([N+](=O)[O-])cc1C=O. The van der Waals surface area contributed by atoms with Gasteiger partial charge in [-0.2, -0.15) is 13.2 Å². The number of aldehydes is 1. The van der Waals surface area contributed by atoms with Crippen molar-refractivity contribution in [3.8, 4) is 0 Å². The fourth-order valence-corrected chi connectivity index (χ4v) is 1.75. The fourth-order valence-electron chi connectivity index (χ4n) is 1.75. The Morgan fingerprint density at radius 3 is 2.40 bits per heavy atom. The molecule has 0 radical (unpaired) electrons. The highest BCUT2D eigenvalue weighted by Crippen LogP contribution is 2.29. The molecule has 0 aliphatic heterocycles. The summed E-state index contributed by atoms with van der Waals surface area (Å²) in [6.07, 6.45) is -4.12. The van der Waals surface area contributed by atoms with Gasteiger partial charge in [-0.3, -0.25) is 14.9 Å². The number of carbonyl (C=O) groups excluding carboxylic acids is 1. The van der Waals surface area contributed by atoms with E-state index >= 15 is 0 Å². The number of alkyl halides is 3. The van der Waals surface area contributed by atoms with Crippen LogP contribution in [0, 0.1) is 10.1 Å². The van der Waals surface area contributed by atoms with Crippen LogP contribution in [-0.2, 0) is 0 Å². The summed E-state index contributed by atoms with van der Waals surface area (Å²) < 4.78 is 37.7. The zero-order valence-corrected chi connectivity index (χ0v) is 10.8. The summed E-state index contributed by atoms with van der Waals surface area (Å²) in [6.45, 7) is 1.85. The van der Waals surface area contributed by atoms with Gasteiger partial charge in [0.05, 0.1) is 4.92 Å². The predicted octanol–water partition coefficient (Wildman–Crippen LogP) is 3.18. The highest BCUT2D eigenvalue weighted by atomic mass is 19.4. The lowest BCUT2D eigenvalue weighted by Crippen LogP contribution is -2.39. The smallest absolute Gasteiger partial charge is 0.359 e. The van der Waals surface area contributed by atoms with Crippen molar-refractivity contribution in [3.63, 3.8) is 0 Å². The maximum Gasteiger partial charge on any atom is 0.405 e. The summed E-state index contributed by atoms with van der Waals surface area (Å²) >= 11 is 0. The van der Waals surface area contributed by atoms with E-state index in [-0.39, 0.29) is 16.9 Å². The lowest BCUT2D eigenvalue weighted by atomic mass is 10.1. The highest BCUT2D eigenvalue weighted by molar-refractivity contribution is 5.86. The van der Waals surface area contributed by atoms with Crippen molar-refractivity contribution >= 4 is 17.7 Å². The van der Waals surface area contributed by atoms with Crippen LogP contribution in [0.3, 0.4) is 0 Å². The number of non-ortho nitro benzene ring substituents is 1. The van der Waals surface area contributed by atoms with Crippen molar-refractivity contribution in [1.82, 2.24) is 0 Å². The number of rotatable bonds is 5. The minimum atomic E-state index is -4.44. The van der Waals surface area contributed by atoms with Crippen molar-refractivity contribution in [1.29, 1.82) is 0 Å². The molecule has 0 unspecified atom stereocenters. The van der Waals surface area contributed by atoms with Crippen LogP contribution in [0.25, 0.3) is 0 Å². The van der Waals surface area contributed by atoms with Gasteiger partial charge in [-0.1, -0.05) is 0 Å². The van der Waals surface area contributed by atoms with Crippen molar-refractivity contribution in [2.75, 3.05) is 11.4 Å². The number of halogens is 3. The zero-order valence-electron chi connectivity index (χ0n) is 10.8. The van der Waals surface area contributed by atoms with E-state index in [1.165, 1.54) is 0 Å². The third kappa shape index (κ3) is 3.94. The van der Waals surface area contributed by atoms with Gasteiger partial charge in [0, 0.05) is 29.4 Å². The molecule has 0 heterocycles. The van der Waals surface area contributed by atoms with Crippen LogP contribution in [0.5, 0.6) is 0 Å². The van der Waals surface area contributed by atoms with E-state index in [0.29, 0.717) is 6.29 Å². The van der Waals surface area contributed by atoms with Crippen LogP contribution in [0.15, 0.2) is 18.2 Å². The Morgan fingerprint density at radius 2 is 2.00 bits per heavy atom. The summed E-state index contributed by atoms with van der Waals surface area (Å²) in [6, 6.07) is 2.69. The molecule has 0 aliphatic rings. The van der Waals surface area contributed by atoms with Crippen LogP contribution < -0.4 is 4.90 Å². The first-order chi connectivity index (χ1) is 9.15. The highest BCUT2D eigenvalue weighted by Gasteiger charge is 2.33. The lowest BCUT2D eigenvalue weighted by Gasteiger charge is -2.30. The number of anilines is 1. The molecule has 0 amide bonds. The molecule has 20 heavy (non-hydrogen) atoms. The minimum absolute atomic E-state index is 0.0259. The summed E-state index contributed by atoms with van der Waals surface area (Å²) in [5.74, 6) is 0. The van der Waals surface area contributed by atoms with E-state index in [1.54, 1.807) is 13.8 Å². The second kappa shape index (κ2) is 5.89. The standard InChI is InChI=1S/C12H13F3N2O3/c1-8(2)16(7-12(13,14)15)11-4-3-10(17(19)20)5-9(11)6-18/h3-6,8H,7H2,1-2H3. The Balaban J connectivity index is 3.26. The van der Waals surface area contributed by atoms with E-state index in [1.807, 2.05) is 0 Å². The molecular weight excluding hydrogens is 277 g/mol. The van der Waals surface area contributed by atoms with Gasteiger partial charge in [-0.25, -0.2) is 0 Å². The molecule has 0 fully saturated rings. The Kier molecular flexibility index (Phi) is 4.69. The number of hydrogen-bond acceptors (Lipinski definition) is 4. The average molecular weight is 290 g/mol. The summed E-state index contributed by atoms with van der Waals surface area (Å²) in [7, 11) is 0. The van der Waals surface area contributed by atoms with Crippen LogP contribution in [0.4, 0.5) is 24.5 Å². The molecule has 0 aromatic heterocycles. The van der Waals surface area contributed by atoms with E-state index in [9.17, 15) is 28.1 Å². The van der Waals surface area contributed by atoms with Gasteiger partial charge in [-0.05, 0) is 19.9 Å². The molecular formula is C12H13F3N2O3. The molecule has 8 heteroatoms. The first-order valence-corrected chi connectivity index (χ1v) is 5.72. The van der Waals surface area contributed by atoms with Gasteiger partial charge in [0.15, 0.2) is 6.29 Å².